The van der Waals surface area contributed by atoms with Crippen molar-refractivity contribution in [2.24, 2.45) is 0 Å². The second kappa shape index (κ2) is 11.9. The molecule has 40 heavy (non-hydrogen) atoms. The van der Waals surface area contributed by atoms with Crippen molar-refractivity contribution in [3.05, 3.63) is 107 Å². The lowest BCUT2D eigenvalue weighted by Gasteiger charge is -2.25. The molecule has 4 aromatic carbocycles. The number of sulfonamides is 1. The number of hydrogen-bond donors (Lipinski definition) is 1. The van der Waals surface area contributed by atoms with Crippen LogP contribution in [-0.2, 0) is 21.4 Å². The van der Waals surface area contributed by atoms with E-state index < -0.39 is 10.0 Å². The summed E-state index contributed by atoms with van der Waals surface area (Å²) in [6, 6.07) is 25.5. The first kappa shape index (κ1) is 27.4. The van der Waals surface area contributed by atoms with E-state index in [1.165, 1.54) is 4.31 Å². The van der Waals surface area contributed by atoms with Crippen molar-refractivity contribution < 1.29 is 27.4 Å². The van der Waals surface area contributed by atoms with Gasteiger partial charge in [-0.1, -0.05) is 41.4 Å². The van der Waals surface area contributed by atoms with E-state index in [1.807, 2.05) is 6.92 Å². The zero-order chi connectivity index (χ0) is 28.1. The van der Waals surface area contributed by atoms with Gasteiger partial charge in [-0.05, 0) is 73.2 Å². The monoisotopic (exact) mass is 578 g/mol. The van der Waals surface area contributed by atoms with Crippen LogP contribution in [-0.4, -0.2) is 34.1 Å². The molecular weight excluding hydrogens is 552 g/mol. The molecule has 0 saturated heterocycles. The predicted octanol–water partition coefficient (Wildman–Crippen LogP) is 5.83. The highest BCUT2D eigenvalue weighted by atomic mass is 35.5. The van der Waals surface area contributed by atoms with Gasteiger partial charge >= 0.3 is 0 Å². The molecule has 1 aliphatic rings. The number of aryl methyl sites for hydroxylation is 1. The maximum atomic E-state index is 13.7. The lowest BCUT2D eigenvalue weighted by atomic mass is 10.2. The van der Waals surface area contributed by atoms with Gasteiger partial charge in [-0.15, -0.1) is 0 Å². The van der Waals surface area contributed by atoms with Crippen LogP contribution in [0.25, 0.3) is 0 Å². The topological polar surface area (TPSA) is 94.2 Å². The van der Waals surface area contributed by atoms with Crippen molar-refractivity contribution in [1.82, 2.24) is 0 Å². The zero-order valence-electron chi connectivity index (χ0n) is 21.7. The summed E-state index contributed by atoms with van der Waals surface area (Å²) in [5.74, 6) is 1.27. The maximum Gasteiger partial charge on any atom is 0.264 e. The van der Waals surface area contributed by atoms with E-state index in [1.54, 1.807) is 91.0 Å². The summed E-state index contributed by atoms with van der Waals surface area (Å²) in [6.45, 7) is 2.71. The van der Waals surface area contributed by atoms with E-state index in [2.05, 4.69) is 5.32 Å². The van der Waals surface area contributed by atoms with E-state index in [0.717, 1.165) is 11.1 Å². The van der Waals surface area contributed by atoms with E-state index >= 15 is 0 Å². The molecular formula is C30H27ClN2O6S. The molecule has 0 spiro atoms. The molecule has 0 saturated carbocycles. The first-order valence-electron chi connectivity index (χ1n) is 12.5. The van der Waals surface area contributed by atoms with Crippen molar-refractivity contribution in [1.29, 1.82) is 0 Å². The number of carbonyl (C=O) groups is 1. The zero-order valence-corrected chi connectivity index (χ0v) is 23.2. The highest BCUT2D eigenvalue weighted by Crippen LogP contribution is 2.33. The summed E-state index contributed by atoms with van der Waals surface area (Å²) >= 11 is 6.02. The highest BCUT2D eigenvalue weighted by molar-refractivity contribution is 7.92. The highest BCUT2D eigenvalue weighted by Gasteiger charge is 2.25. The molecule has 1 aliphatic heterocycles. The van der Waals surface area contributed by atoms with Crippen LogP contribution in [0.4, 0.5) is 11.4 Å². The number of fused-ring (bicyclic) bond motifs is 1. The molecule has 5 rings (SSSR count). The third-order valence-corrected chi connectivity index (χ3v) is 8.21. The molecule has 1 N–H and O–H groups in total. The molecule has 0 unspecified atom stereocenters. The normalized spacial score (nSPS) is 12.4. The van der Waals surface area contributed by atoms with Gasteiger partial charge in [0.1, 0.15) is 19.0 Å². The van der Waals surface area contributed by atoms with E-state index in [9.17, 15) is 13.2 Å². The summed E-state index contributed by atoms with van der Waals surface area (Å²) < 4.78 is 45.4. The molecule has 0 fully saturated rings. The first-order chi connectivity index (χ1) is 19.3. The standard InChI is InChI=1S/C30H27ClN2O6S/c1-21-2-13-27(14-3-21)40(35,36)33(19-22-4-6-23(31)7-5-22)25-9-11-26(12-10-25)39-20-30(34)32-24-8-15-28-29(18-24)38-17-16-37-28/h2-15,18H,16-17,19-20H2,1H3,(H,32,34). The number of nitrogens with one attached hydrogen (secondary N) is 1. The summed E-state index contributed by atoms with van der Waals surface area (Å²) in [4.78, 5) is 12.6. The summed E-state index contributed by atoms with van der Waals surface area (Å²) in [5, 5.41) is 3.33. The largest absolute Gasteiger partial charge is 0.486 e. The Hall–Kier alpha value is -4.21. The fraction of sp³-hybridized carbons (Fsp3) is 0.167. The average Bonchev–Trinajstić information content (AvgIpc) is 2.96. The van der Waals surface area contributed by atoms with Gasteiger partial charge in [0.2, 0.25) is 0 Å². The van der Waals surface area contributed by atoms with Crippen LogP contribution in [0, 0.1) is 6.92 Å². The molecule has 1 amide bonds. The van der Waals surface area contributed by atoms with Crippen LogP contribution in [0.3, 0.4) is 0 Å². The van der Waals surface area contributed by atoms with Gasteiger partial charge in [0.15, 0.2) is 18.1 Å². The number of ether oxygens (including phenoxy) is 3. The van der Waals surface area contributed by atoms with Gasteiger partial charge < -0.3 is 19.5 Å². The van der Waals surface area contributed by atoms with E-state index in [4.69, 9.17) is 25.8 Å². The van der Waals surface area contributed by atoms with Gasteiger partial charge in [0.05, 0.1) is 17.1 Å². The van der Waals surface area contributed by atoms with Crippen molar-refractivity contribution in [3.63, 3.8) is 0 Å². The number of rotatable bonds is 9. The third kappa shape index (κ3) is 6.50. The average molecular weight is 579 g/mol. The van der Waals surface area contributed by atoms with Gasteiger partial charge in [-0.2, -0.15) is 0 Å². The molecule has 1 heterocycles. The molecule has 206 valence electrons. The summed E-state index contributed by atoms with van der Waals surface area (Å²) in [7, 11) is -3.88. The second-order valence-electron chi connectivity index (χ2n) is 9.14. The van der Waals surface area contributed by atoms with Crippen molar-refractivity contribution >= 4 is 38.9 Å². The Balaban J connectivity index is 1.29. The quantitative estimate of drug-likeness (QED) is 0.268. The predicted molar refractivity (Wildman–Crippen MR) is 154 cm³/mol. The van der Waals surface area contributed by atoms with Crippen LogP contribution in [0.5, 0.6) is 17.2 Å². The second-order valence-corrected chi connectivity index (χ2v) is 11.4. The van der Waals surface area contributed by atoms with Crippen LogP contribution >= 0.6 is 11.6 Å². The number of nitrogens with zero attached hydrogens (tertiary/aromatic N) is 1. The summed E-state index contributed by atoms with van der Waals surface area (Å²) in [5.41, 5.74) is 2.75. The Bertz CT molecular complexity index is 1590. The SMILES string of the molecule is Cc1ccc(S(=O)(=O)N(Cc2ccc(Cl)cc2)c2ccc(OCC(=O)Nc3ccc4c(c3)OCCO4)cc2)cc1. The Morgan fingerprint density at radius 1 is 0.900 bits per heavy atom. The van der Waals surface area contributed by atoms with Gasteiger partial charge in [0.25, 0.3) is 15.9 Å². The Kier molecular flexibility index (Phi) is 8.14. The molecule has 4 aromatic rings. The van der Waals surface area contributed by atoms with Gasteiger partial charge in [-0.25, -0.2) is 8.42 Å². The van der Waals surface area contributed by atoms with Crippen LogP contribution in [0.1, 0.15) is 11.1 Å². The number of amides is 1. The molecule has 0 aliphatic carbocycles. The summed E-state index contributed by atoms with van der Waals surface area (Å²) in [6.07, 6.45) is 0. The molecule has 0 atom stereocenters. The minimum Gasteiger partial charge on any atom is -0.486 e. The number of carbonyl (C=O) groups excluding carboxylic acids is 1. The number of halogens is 1. The molecule has 10 heteroatoms. The Morgan fingerprint density at radius 2 is 1.57 bits per heavy atom. The van der Waals surface area contributed by atoms with Crippen molar-refractivity contribution in [2.45, 2.75) is 18.4 Å². The minimum absolute atomic E-state index is 0.103. The maximum absolute atomic E-state index is 13.7. The van der Waals surface area contributed by atoms with Crippen molar-refractivity contribution in [2.75, 3.05) is 29.4 Å². The van der Waals surface area contributed by atoms with Crippen molar-refractivity contribution in [3.8, 4) is 17.2 Å². The number of benzene rings is 4. The number of anilines is 2. The smallest absolute Gasteiger partial charge is 0.264 e. The fourth-order valence-corrected chi connectivity index (χ4v) is 5.66. The van der Waals surface area contributed by atoms with Gasteiger partial charge in [0, 0.05) is 16.8 Å². The fourth-order valence-electron chi connectivity index (χ4n) is 4.08. The lowest BCUT2D eigenvalue weighted by molar-refractivity contribution is -0.118. The Labute approximate surface area is 238 Å². The molecule has 0 bridgehead atoms. The molecule has 8 nitrogen and oxygen atoms in total. The third-order valence-electron chi connectivity index (χ3n) is 6.17. The van der Waals surface area contributed by atoms with E-state index in [-0.39, 0.29) is 24.0 Å². The molecule has 0 radical (unpaired) electrons. The molecule has 0 aromatic heterocycles. The first-order valence-corrected chi connectivity index (χ1v) is 14.4. The van der Waals surface area contributed by atoms with Crippen LogP contribution in [0.15, 0.2) is 95.9 Å². The minimum atomic E-state index is -3.88. The van der Waals surface area contributed by atoms with Crippen LogP contribution < -0.4 is 23.8 Å². The lowest BCUT2D eigenvalue weighted by Crippen LogP contribution is -2.30. The van der Waals surface area contributed by atoms with Crippen LogP contribution in [0.2, 0.25) is 5.02 Å². The van der Waals surface area contributed by atoms with E-state index in [0.29, 0.717) is 46.9 Å². The number of hydrogen-bond acceptors (Lipinski definition) is 6. The Morgan fingerprint density at radius 3 is 2.27 bits per heavy atom. The van der Waals surface area contributed by atoms with Gasteiger partial charge in [-0.3, -0.25) is 9.10 Å².